The van der Waals surface area contributed by atoms with Crippen LogP contribution in [0.3, 0.4) is 0 Å². The first-order chi connectivity index (χ1) is 5.56. The van der Waals surface area contributed by atoms with Gasteiger partial charge in [-0.2, -0.15) is 0 Å². The van der Waals surface area contributed by atoms with Crippen molar-refractivity contribution in [1.82, 2.24) is 5.32 Å². The third kappa shape index (κ3) is 9.72. The van der Waals surface area contributed by atoms with Gasteiger partial charge in [-0.3, -0.25) is 4.99 Å². The van der Waals surface area contributed by atoms with Gasteiger partial charge < -0.3 is 5.32 Å². The van der Waals surface area contributed by atoms with E-state index in [1.165, 1.54) is 0 Å². The predicted octanol–water partition coefficient (Wildman–Crippen LogP) is 2.28. The van der Waals surface area contributed by atoms with E-state index in [9.17, 15) is 0 Å². The van der Waals surface area contributed by atoms with Crippen LogP contribution in [0.2, 0.25) is 0 Å². The zero-order valence-electron chi connectivity index (χ0n) is 8.13. The van der Waals surface area contributed by atoms with E-state index in [2.05, 4.69) is 37.8 Å². The lowest BCUT2D eigenvalue weighted by Gasteiger charge is -2.19. The van der Waals surface area contributed by atoms with Crippen LogP contribution in [-0.4, -0.2) is 24.6 Å². The predicted molar refractivity (Wildman–Crippen MR) is 58.9 cm³/mol. The molecule has 0 saturated carbocycles. The lowest BCUT2D eigenvalue weighted by molar-refractivity contribution is 0.441. The lowest BCUT2D eigenvalue weighted by Crippen LogP contribution is -2.37. The van der Waals surface area contributed by atoms with E-state index in [4.69, 9.17) is 0 Å². The maximum Gasteiger partial charge on any atom is 0.0323 e. The molecule has 0 unspecified atom stereocenters. The van der Waals surface area contributed by atoms with Gasteiger partial charge in [-0.05, 0) is 32.9 Å². The monoisotopic (exact) mass is 186 g/mol. The molecule has 2 nitrogen and oxygen atoms in total. The Morgan fingerprint density at radius 2 is 2.17 bits per heavy atom. The summed E-state index contributed by atoms with van der Waals surface area (Å²) in [5, 5.41) is 5.35. The smallest absolute Gasteiger partial charge is 0.0323 e. The molecule has 0 aliphatic heterocycles. The highest BCUT2D eigenvalue weighted by Gasteiger charge is 2.06. The van der Waals surface area contributed by atoms with Crippen molar-refractivity contribution in [2.24, 2.45) is 4.99 Å². The molecule has 12 heavy (non-hydrogen) atoms. The molecule has 0 heterocycles. The molecule has 0 spiro atoms. The molecule has 3 heteroatoms. The van der Waals surface area contributed by atoms with Crippen LogP contribution in [0.1, 0.15) is 20.8 Å². The highest BCUT2D eigenvalue weighted by atomic mass is 32.2. The molecule has 0 amide bonds. The maximum absolute atomic E-state index is 3.61. The summed E-state index contributed by atoms with van der Waals surface area (Å²) in [6.45, 7) is 10.9. The summed E-state index contributed by atoms with van der Waals surface area (Å²) in [5.41, 5.74) is 0.223. The summed E-state index contributed by atoms with van der Waals surface area (Å²) >= 11 is 1.74. The molecule has 0 radical (unpaired) electrons. The molecule has 0 aliphatic carbocycles. The molecule has 0 rings (SSSR count). The Morgan fingerprint density at radius 1 is 1.50 bits per heavy atom. The van der Waals surface area contributed by atoms with Gasteiger partial charge in [0.15, 0.2) is 0 Å². The second-order valence-electron chi connectivity index (χ2n) is 3.52. The number of hydrogen-bond donors (Lipinski definition) is 1. The van der Waals surface area contributed by atoms with Crippen LogP contribution < -0.4 is 5.32 Å². The Balaban J connectivity index is 3.22. The van der Waals surface area contributed by atoms with E-state index >= 15 is 0 Å². The second-order valence-corrected chi connectivity index (χ2v) is 4.53. The highest BCUT2D eigenvalue weighted by molar-refractivity contribution is 8.02. The van der Waals surface area contributed by atoms with Gasteiger partial charge in [0, 0.05) is 24.0 Å². The summed E-state index contributed by atoms with van der Waals surface area (Å²) in [6, 6.07) is 0. The zero-order valence-corrected chi connectivity index (χ0v) is 8.95. The standard InChI is InChI=1S/C9H18N2S/c1-9(2,3)11-6-8-12-7-5-10-4/h5,7,11H,4,6,8H2,1-3H3/b7-5-. The van der Waals surface area contributed by atoms with Crippen LogP contribution in [0.25, 0.3) is 0 Å². The first kappa shape index (κ1) is 11.7. The van der Waals surface area contributed by atoms with Gasteiger partial charge in [-0.25, -0.2) is 0 Å². The maximum atomic E-state index is 3.61. The fraction of sp³-hybridized carbons (Fsp3) is 0.667. The zero-order chi connectivity index (χ0) is 9.45. The number of aliphatic imine (C=N–C) groups is 1. The minimum atomic E-state index is 0.223. The van der Waals surface area contributed by atoms with Crippen molar-refractivity contribution in [2.45, 2.75) is 26.3 Å². The van der Waals surface area contributed by atoms with Gasteiger partial charge in [-0.15, -0.1) is 11.8 Å². The summed E-state index contributed by atoms with van der Waals surface area (Å²) in [6.07, 6.45) is 1.71. The molecule has 0 atom stereocenters. The van der Waals surface area contributed by atoms with Crippen molar-refractivity contribution in [2.75, 3.05) is 12.3 Å². The van der Waals surface area contributed by atoms with Crippen molar-refractivity contribution in [3.05, 3.63) is 11.6 Å². The van der Waals surface area contributed by atoms with E-state index in [0.29, 0.717) is 0 Å². The minimum absolute atomic E-state index is 0.223. The van der Waals surface area contributed by atoms with Crippen LogP contribution >= 0.6 is 11.8 Å². The molecule has 0 fully saturated rings. The number of nitrogens with zero attached hydrogens (tertiary/aromatic N) is 1. The Labute approximate surface area is 79.5 Å². The van der Waals surface area contributed by atoms with Crippen LogP contribution in [0.5, 0.6) is 0 Å². The number of nitrogens with one attached hydrogen (secondary N) is 1. The van der Waals surface area contributed by atoms with Crippen LogP contribution in [0, 0.1) is 0 Å². The van der Waals surface area contributed by atoms with Crippen molar-refractivity contribution in [1.29, 1.82) is 0 Å². The average molecular weight is 186 g/mol. The van der Waals surface area contributed by atoms with Gasteiger partial charge in [0.05, 0.1) is 0 Å². The first-order valence-corrected chi connectivity index (χ1v) is 5.08. The Kier molecular flexibility index (Phi) is 6.11. The Bertz CT molecular complexity index is 147. The number of thioether (sulfide) groups is 1. The van der Waals surface area contributed by atoms with E-state index < -0.39 is 0 Å². The molecule has 0 aliphatic rings. The summed E-state index contributed by atoms with van der Waals surface area (Å²) < 4.78 is 0. The molecule has 0 aromatic carbocycles. The molecule has 0 aromatic rings. The van der Waals surface area contributed by atoms with Gasteiger partial charge >= 0.3 is 0 Å². The fourth-order valence-corrected chi connectivity index (χ4v) is 1.17. The van der Waals surface area contributed by atoms with E-state index in [1.807, 2.05) is 5.41 Å². The normalized spacial score (nSPS) is 12.2. The van der Waals surface area contributed by atoms with Crippen LogP contribution in [0.4, 0.5) is 0 Å². The van der Waals surface area contributed by atoms with Gasteiger partial charge in [0.25, 0.3) is 0 Å². The van der Waals surface area contributed by atoms with Crippen molar-refractivity contribution in [3.63, 3.8) is 0 Å². The number of rotatable bonds is 5. The van der Waals surface area contributed by atoms with E-state index in [-0.39, 0.29) is 5.54 Å². The van der Waals surface area contributed by atoms with Crippen molar-refractivity contribution >= 4 is 18.5 Å². The average Bonchev–Trinajstić information content (AvgIpc) is 1.94. The third-order valence-electron chi connectivity index (χ3n) is 1.14. The quantitative estimate of drug-likeness (QED) is 0.526. The molecule has 0 bridgehead atoms. The Morgan fingerprint density at radius 3 is 2.67 bits per heavy atom. The Hall–Kier alpha value is -0.280. The molecular weight excluding hydrogens is 168 g/mol. The highest BCUT2D eigenvalue weighted by Crippen LogP contribution is 2.02. The molecule has 0 saturated heterocycles. The second kappa shape index (κ2) is 6.26. The summed E-state index contributed by atoms with van der Waals surface area (Å²) in [5.74, 6) is 1.07. The topological polar surface area (TPSA) is 24.4 Å². The SMILES string of the molecule is C=N/C=C\SCCNC(C)(C)C. The molecule has 1 N–H and O–H groups in total. The van der Waals surface area contributed by atoms with E-state index in [1.54, 1.807) is 18.0 Å². The fourth-order valence-electron chi connectivity index (χ4n) is 0.639. The third-order valence-corrected chi connectivity index (χ3v) is 1.89. The largest absolute Gasteiger partial charge is 0.311 e. The van der Waals surface area contributed by atoms with Crippen LogP contribution in [-0.2, 0) is 0 Å². The van der Waals surface area contributed by atoms with Gasteiger partial charge in [-0.1, -0.05) is 0 Å². The van der Waals surface area contributed by atoms with Crippen molar-refractivity contribution in [3.8, 4) is 0 Å². The molecule has 70 valence electrons. The van der Waals surface area contributed by atoms with Crippen molar-refractivity contribution < 1.29 is 0 Å². The lowest BCUT2D eigenvalue weighted by atomic mass is 10.1. The van der Waals surface area contributed by atoms with Crippen LogP contribution in [0.15, 0.2) is 16.6 Å². The van der Waals surface area contributed by atoms with Gasteiger partial charge in [0.2, 0.25) is 0 Å². The molecule has 0 aromatic heterocycles. The van der Waals surface area contributed by atoms with E-state index in [0.717, 1.165) is 12.3 Å². The number of hydrogen-bond acceptors (Lipinski definition) is 3. The molecular formula is C9H18N2S. The summed E-state index contributed by atoms with van der Waals surface area (Å²) in [4.78, 5) is 3.61. The summed E-state index contributed by atoms with van der Waals surface area (Å²) in [7, 11) is 0. The first-order valence-electron chi connectivity index (χ1n) is 4.04. The minimum Gasteiger partial charge on any atom is -0.311 e. The van der Waals surface area contributed by atoms with Gasteiger partial charge in [0.1, 0.15) is 0 Å².